The lowest BCUT2D eigenvalue weighted by Gasteiger charge is -2.02. The molecular weight excluding hydrogens is 272 g/mol. The number of nitrogens with two attached hydrogens (primary N) is 1. The lowest BCUT2D eigenvalue weighted by molar-refractivity contribution is -0.791. The maximum absolute atomic E-state index is 11.0. The molecule has 0 unspecified atom stereocenters. The molecular formula is C14H18N4O3+2. The molecule has 0 saturated carbocycles. The lowest BCUT2D eigenvalue weighted by Crippen LogP contribution is -2.43. The topological polar surface area (TPSA) is 92.3 Å². The lowest BCUT2D eigenvalue weighted by atomic mass is 10.2. The van der Waals surface area contributed by atoms with Gasteiger partial charge in [-0.15, -0.1) is 0 Å². The first-order valence-corrected chi connectivity index (χ1v) is 6.41. The van der Waals surface area contributed by atoms with E-state index in [1.807, 2.05) is 29.0 Å². The number of carbonyl (C=O) groups is 1. The van der Waals surface area contributed by atoms with Crippen LogP contribution in [0.4, 0.5) is 0 Å². The Balaban J connectivity index is 1.91. The minimum absolute atomic E-state index is 0.338. The van der Waals surface area contributed by atoms with Crippen LogP contribution in [0.15, 0.2) is 48.9 Å². The van der Waals surface area contributed by atoms with Gasteiger partial charge in [0, 0.05) is 24.3 Å². The van der Waals surface area contributed by atoms with Gasteiger partial charge in [0.05, 0.1) is 5.56 Å². The highest BCUT2D eigenvalue weighted by Gasteiger charge is 2.10. The zero-order valence-electron chi connectivity index (χ0n) is 11.5. The van der Waals surface area contributed by atoms with Crippen LogP contribution in [0, 0.1) is 0 Å². The van der Waals surface area contributed by atoms with Crippen LogP contribution >= 0.6 is 0 Å². The number of carbonyl (C=O) groups excluding carboxylic acids is 1. The van der Waals surface area contributed by atoms with Gasteiger partial charge in [0.15, 0.2) is 24.3 Å². The number of pyridine rings is 2. The molecule has 0 radical (unpaired) electrons. The first-order valence-electron chi connectivity index (χ1n) is 6.41. The summed E-state index contributed by atoms with van der Waals surface area (Å²) in [4.78, 5) is 11.0. The summed E-state index contributed by atoms with van der Waals surface area (Å²) in [5.41, 5.74) is 8.66. The third-order valence-corrected chi connectivity index (χ3v) is 2.94. The average molecular weight is 290 g/mol. The van der Waals surface area contributed by atoms with Crippen molar-refractivity contribution in [2.75, 3.05) is 0 Å². The molecule has 0 bridgehead atoms. The summed E-state index contributed by atoms with van der Waals surface area (Å²) in [6.07, 6.45) is 5.32. The highest BCUT2D eigenvalue weighted by Crippen LogP contribution is 1.93. The van der Waals surface area contributed by atoms with Crippen LogP contribution in [-0.4, -0.2) is 11.1 Å². The molecule has 0 fully saturated rings. The van der Waals surface area contributed by atoms with Crippen LogP contribution in [0.2, 0.25) is 0 Å². The quantitative estimate of drug-likeness (QED) is 0.472. The number of aromatic nitrogens is 2. The van der Waals surface area contributed by atoms with Crippen LogP contribution in [0.25, 0.3) is 0 Å². The second-order valence-corrected chi connectivity index (χ2v) is 4.42. The third-order valence-electron chi connectivity index (χ3n) is 2.94. The van der Waals surface area contributed by atoms with Gasteiger partial charge >= 0.3 is 0 Å². The van der Waals surface area contributed by atoms with Crippen molar-refractivity contribution in [3.05, 3.63) is 60.2 Å². The molecule has 1 amide bonds. The number of ether oxygens (including phenoxy) is 1. The standard InChI is InChI=1S/C14H17N4O3/c15-14(19)12-4-7-17(8-5-12)10-21-11-18-6-2-1-3-13(18)9-16-20/h1-8,16,20H,9-11H2,(H-,15,19)/q+1/p+1. The molecule has 0 aliphatic heterocycles. The Kier molecular flexibility index (Phi) is 5.33. The van der Waals surface area contributed by atoms with Gasteiger partial charge in [-0.2, -0.15) is 14.6 Å². The zero-order valence-corrected chi connectivity index (χ0v) is 11.5. The molecule has 0 spiro atoms. The molecule has 0 saturated heterocycles. The predicted octanol–water partition coefficient (Wildman–Crippen LogP) is -0.529. The second-order valence-electron chi connectivity index (χ2n) is 4.42. The van der Waals surface area contributed by atoms with Gasteiger partial charge in [0.1, 0.15) is 6.54 Å². The largest absolute Gasteiger partial charge is 0.366 e. The predicted molar refractivity (Wildman–Crippen MR) is 71.5 cm³/mol. The molecule has 4 N–H and O–H groups in total. The van der Waals surface area contributed by atoms with Crippen LogP contribution in [0.1, 0.15) is 16.1 Å². The monoisotopic (exact) mass is 290 g/mol. The van der Waals surface area contributed by atoms with Crippen LogP contribution in [0.5, 0.6) is 0 Å². The number of amides is 1. The Labute approximate surface area is 122 Å². The van der Waals surface area contributed by atoms with Crippen molar-refractivity contribution < 1.29 is 23.9 Å². The van der Waals surface area contributed by atoms with Crippen molar-refractivity contribution in [2.45, 2.75) is 20.0 Å². The molecule has 0 atom stereocenters. The number of rotatable bonds is 7. The molecule has 110 valence electrons. The average Bonchev–Trinajstić information content (AvgIpc) is 2.50. The summed E-state index contributed by atoms with van der Waals surface area (Å²) in [6, 6.07) is 8.95. The van der Waals surface area contributed by atoms with E-state index >= 15 is 0 Å². The minimum Gasteiger partial charge on any atom is -0.366 e. The second kappa shape index (κ2) is 7.44. The number of primary amides is 1. The fourth-order valence-corrected chi connectivity index (χ4v) is 1.83. The summed E-state index contributed by atoms with van der Waals surface area (Å²) < 4.78 is 9.26. The Morgan fingerprint density at radius 1 is 1.19 bits per heavy atom. The number of hydrogen-bond acceptors (Lipinski definition) is 4. The van der Waals surface area contributed by atoms with Crippen LogP contribution in [0.3, 0.4) is 0 Å². The summed E-state index contributed by atoms with van der Waals surface area (Å²) in [5, 5.41) is 8.77. The fourth-order valence-electron chi connectivity index (χ4n) is 1.83. The van der Waals surface area contributed by atoms with E-state index in [0.717, 1.165) is 5.69 Å². The van der Waals surface area contributed by atoms with Crippen LogP contribution < -0.4 is 20.3 Å². The van der Waals surface area contributed by atoms with Crippen LogP contribution in [-0.2, 0) is 24.7 Å². The van der Waals surface area contributed by atoms with Crippen molar-refractivity contribution >= 4 is 5.91 Å². The Bertz CT molecular complexity index is 601. The summed E-state index contributed by atoms with van der Waals surface area (Å²) in [6.45, 7) is 1.03. The number of hydroxylamine groups is 1. The maximum Gasteiger partial charge on any atom is 0.258 e. The number of nitrogens with zero attached hydrogens (tertiary/aromatic N) is 2. The molecule has 0 aromatic carbocycles. The Morgan fingerprint density at radius 2 is 1.95 bits per heavy atom. The summed E-state index contributed by atoms with van der Waals surface area (Å²) in [7, 11) is 0. The molecule has 2 aromatic heterocycles. The minimum atomic E-state index is -0.455. The van der Waals surface area contributed by atoms with Gasteiger partial charge in [0.2, 0.25) is 5.91 Å². The van der Waals surface area contributed by atoms with E-state index in [1.54, 1.807) is 29.1 Å². The SMILES string of the molecule is NC(=O)c1cc[n+](COC[n+]2ccccc2CNO)cc1. The van der Waals surface area contributed by atoms with E-state index < -0.39 is 5.91 Å². The fraction of sp³-hybridized carbons (Fsp3) is 0.214. The molecule has 0 aliphatic carbocycles. The highest BCUT2D eigenvalue weighted by molar-refractivity contribution is 5.92. The maximum atomic E-state index is 11.0. The van der Waals surface area contributed by atoms with Gasteiger partial charge < -0.3 is 10.9 Å². The normalized spacial score (nSPS) is 10.5. The Morgan fingerprint density at radius 3 is 2.62 bits per heavy atom. The number of hydrogen-bond donors (Lipinski definition) is 3. The van der Waals surface area contributed by atoms with Crippen molar-refractivity contribution in [3.63, 3.8) is 0 Å². The number of nitrogens with one attached hydrogen (secondary N) is 1. The molecule has 2 heterocycles. The van der Waals surface area contributed by atoms with Gasteiger partial charge in [-0.05, 0) is 0 Å². The zero-order chi connectivity index (χ0) is 15.1. The van der Waals surface area contributed by atoms with Crippen molar-refractivity contribution in [2.24, 2.45) is 5.73 Å². The molecule has 2 rings (SSSR count). The molecule has 2 aromatic rings. The van der Waals surface area contributed by atoms with E-state index in [1.165, 1.54) is 0 Å². The van der Waals surface area contributed by atoms with Crippen molar-refractivity contribution in [1.82, 2.24) is 5.48 Å². The molecule has 0 aliphatic rings. The molecule has 21 heavy (non-hydrogen) atoms. The van der Waals surface area contributed by atoms with Crippen molar-refractivity contribution in [3.8, 4) is 0 Å². The van der Waals surface area contributed by atoms with Gasteiger partial charge in [-0.3, -0.25) is 9.53 Å². The van der Waals surface area contributed by atoms with E-state index in [0.29, 0.717) is 25.6 Å². The van der Waals surface area contributed by atoms with Gasteiger partial charge in [-0.25, -0.2) is 0 Å². The van der Waals surface area contributed by atoms with Gasteiger partial charge in [-0.1, -0.05) is 6.07 Å². The van der Waals surface area contributed by atoms with E-state index in [-0.39, 0.29) is 0 Å². The smallest absolute Gasteiger partial charge is 0.258 e. The first kappa shape index (κ1) is 15.0. The summed E-state index contributed by atoms with van der Waals surface area (Å²) in [5.74, 6) is -0.455. The molecule has 7 nitrogen and oxygen atoms in total. The van der Waals surface area contributed by atoms with E-state index in [2.05, 4.69) is 5.48 Å². The van der Waals surface area contributed by atoms with E-state index in [4.69, 9.17) is 15.7 Å². The summed E-state index contributed by atoms with van der Waals surface area (Å²) >= 11 is 0. The third kappa shape index (κ3) is 4.32. The highest BCUT2D eigenvalue weighted by atomic mass is 16.5. The van der Waals surface area contributed by atoms with E-state index in [9.17, 15) is 4.79 Å². The Hall–Kier alpha value is -2.35. The van der Waals surface area contributed by atoms with Crippen molar-refractivity contribution in [1.29, 1.82) is 0 Å². The molecule has 7 heteroatoms. The first-order chi connectivity index (χ1) is 10.2. The van der Waals surface area contributed by atoms with Gasteiger partial charge in [0.25, 0.3) is 13.5 Å².